The highest BCUT2D eigenvalue weighted by Crippen LogP contribution is 2.40. The summed E-state index contributed by atoms with van der Waals surface area (Å²) in [5.74, 6) is -4.29. The van der Waals surface area contributed by atoms with Crippen LogP contribution in [0.25, 0.3) is 0 Å². The van der Waals surface area contributed by atoms with Gasteiger partial charge in [-0.3, -0.25) is 9.59 Å². The molecule has 1 aromatic heterocycles. The molecular formula is C28H36F3N7O3. The monoisotopic (exact) mass is 575 g/mol. The van der Waals surface area contributed by atoms with Crippen molar-refractivity contribution in [2.24, 2.45) is 0 Å². The van der Waals surface area contributed by atoms with Gasteiger partial charge in [-0.05, 0) is 43.9 Å². The van der Waals surface area contributed by atoms with Crippen LogP contribution >= 0.6 is 0 Å². The number of aromatic nitrogens is 2. The molecule has 0 spiro atoms. The van der Waals surface area contributed by atoms with Crippen LogP contribution in [0.2, 0.25) is 0 Å². The van der Waals surface area contributed by atoms with Gasteiger partial charge in [-0.1, -0.05) is 12.8 Å². The van der Waals surface area contributed by atoms with Crippen molar-refractivity contribution in [3.05, 3.63) is 30.0 Å². The van der Waals surface area contributed by atoms with Crippen molar-refractivity contribution in [1.29, 1.82) is 0 Å². The van der Waals surface area contributed by atoms with E-state index in [1.165, 1.54) is 20.4 Å². The lowest BCUT2D eigenvalue weighted by Gasteiger charge is -2.31. The van der Waals surface area contributed by atoms with Crippen LogP contribution in [0.15, 0.2) is 24.4 Å². The van der Waals surface area contributed by atoms with E-state index in [1.807, 2.05) is 4.90 Å². The molecule has 1 aromatic carbocycles. The van der Waals surface area contributed by atoms with Crippen molar-refractivity contribution in [2.45, 2.75) is 56.5 Å². The summed E-state index contributed by atoms with van der Waals surface area (Å²) in [5.41, 5.74) is 1.12. The molecule has 3 heterocycles. The first-order chi connectivity index (χ1) is 19.7. The largest absolute Gasteiger partial charge is 0.495 e. The lowest BCUT2D eigenvalue weighted by Crippen LogP contribution is -2.48. The Morgan fingerprint density at radius 1 is 1.17 bits per heavy atom. The summed E-state index contributed by atoms with van der Waals surface area (Å²) in [4.78, 5) is 38.9. The molecule has 2 fully saturated rings. The fourth-order valence-electron chi connectivity index (χ4n) is 5.85. The van der Waals surface area contributed by atoms with Gasteiger partial charge in [0.15, 0.2) is 5.82 Å². The van der Waals surface area contributed by atoms with Gasteiger partial charge < -0.3 is 30.1 Å². The summed E-state index contributed by atoms with van der Waals surface area (Å²) in [6.45, 7) is 0.773. The second-order valence-electron chi connectivity index (χ2n) is 10.9. The first-order valence-electron chi connectivity index (χ1n) is 14.0. The fourth-order valence-corrected chi connectivity index (χ4v) is 5.85. The molecule has 0 radical (unpaired) electrons. The molecule has 0 bridgehead atoms. The summed E-state index contributed by atoms with van der Waals surface area (Å²) in [7, 11) is 2.79. The summed E-state index contributed by atoms with van der Waals surface area (Å²) < 4.78 is 47.8. The van der Waals surface area contributed by atoms with E-state index >= 15 is 0 Å². The Balaban J connectivity index is 1.34. The molecule has 0 unspecified atom stereocenters. The summed E-state index contributed by atoms with van der Waals surface area (Å²) in [6.07, 6.45) is 6.22. The minimum atomic E-state index is -3.56. The van der Waals surface area contributed by atoms with Gasteiger partial charge >= 0.3 is 5.92 Å². The van der Waals surface area contributed by atoms with E-state index in [2.05, 4.69) is 20.6 Å². The highest BCUT2D eigenvalue weighted by Gasteiger charge is 2.48. The van der Waals surface area contributed by atoms with Gasteiger partial charge in [-0.2, -0.15) is 13.8 Å². The molecule has 1 aliphatic carbocycles. The number of alkyl halides is 3. The second kappa shape index (κ2) is 12.1. The predicted octanol–water partition coefficient (Wildman–Crippen LogP) is 3.75. The molecule has 10 nitrogen and oxygen atoms in total. The average Bonchev–Trinajstić information content (AvgIpc) is 3.49. The van der Waals surface area contributed by atoms with Crippen LogP contribution in [0, 0.1) is 0 Å². The number of piperidine rings is 1. The SMILES string of the molecule is COc1cc(C(=O)NC2CCN(CCF)CC2)ccc1Nc1ncc2c(n1)N(C1CCCC1)CC(F)(F)C(=O)N2C. The zero-order valence-electron chi connectivity index (χ0n) is 23.3. The summed E-state index contributed by atoms with van der Waals surface area (Å²) in [5, 5.41) is 6.13. The Labute approximate surface area is 237 Å². The van der Waals surface area contributed by atoms with Crippen LogP contribution in [0.3, 0.4) is 0 Å². The van der Waals surface area contributed by atoms with Crippen LogP contribution in [0.4, 0.5) is 36.3 Å². The number of benzene rings is 1. The molecule has 2 amide bonds. The van der Waals surface area contributed by atoms with Crippen molar-refractivity contribution in [2.75, 3.05) is 62.1 Å². The van der Waals surface area contributed by atoms with Crippen LogP contribution in [0.5, 0.6) is 5.75 Å². The molecule has 1 saturated carbocycles. The molecule has 13 heteroatoms. The van der Waals surface area contributed by atoms with Gasteiger partial charge in [-0.15, -0.1) is 0 Å². The van der Waals surface area contributed by atoms with Crippen LogP contribution < -0.4 is 25.2 Å². The van der Waals surface area contributed by atoms with Crippen LogP contribution in [-0.4, -0.2) is 91.7 Å². The number of rotatable bonds is 8. The normalized spacial score (nSPS) is 20.1. The van der Waals surface area contributed by atoms with E-state index in [0.29, 0.717) is 23.5 Å². The Morgan fingerprint density at radius 3 is 2.59 bits per heavy atom. The smallest absolute Gasteiger partial charge is 0.342 e. The van der Waals surface area contributed by atoms with E-state index in [9.17, 15) is 22.8 Å². The number of likely N-dealkylation sites (tertiary alicyclic amines) is 1. The molecular weight excluding hydrogens is 539 g/mol. The van der Waals surface area contributed by atoms with Crippen molar-refractivity contribution in [3.63, 3.8) is 0 Å². The highest BCUT2D eigenvalue weighted by molar-refractivity contribution is 6.02. The number of hydrogen-bond donors (Lipinski definition) is 2. The molecule has 222 valence electrons. The number of methoxy groups -OCH3 is 1. The quantitative estimate of drug-likeness (QED) is 0.491. The molecule has 2 N–H and O–H groups in total. The number of nitrogens with one attached hydrogen (secondary N) is 2. The standard InChI is InChI=1S/C28H36F3N7O3/c1-36-22-16-32-27(35-24(22)38(20-5-3-4-6-20)17-28(30,31)26(36)40)34-21-8-7-18(15-23(21)41-2)25(39)33-19-9-12-37(13-10-19)14-11-29/h7-8,15-16,19-20H,3-6,9-14,17H2,1-2H3,(H,33,39)(H,32,34,35). The molecule has 2 aromatic rings. The zero-order valence-corrected chi connectivity index (χ0v) is 23.3. The Morgan fingerprint density at radius 2 is 1.90 bits per heavy atom. The van der Waals surface area contributed by atoms with Gasteiger partial charge in [0.1, 0.15) is 18.1 Å². The van der Waals surface area contributed by atoms with Crippen molar-refractivity contribution in [1.82, 2.24) is 20.2 Å². The number of nitrogens with zero attached hydrogens (tertiary/aromatic N) is 5. The van der Waals surface area contributed by atoms with Crippen molar-refractivity contribution in [3.8, 4) is 5.75 Å². The Hall–Kier alpha value is -3.61. The third-order valence-electron chi connectivity index (χ3n) is 8.17. The highest BCUT2D eigenvalue weighted by atomic mass is 19.3. The minimum absolute atomic E-state index is 0.00957. The first kappa shape index (κ1) is 28.9. The van der Waals surface area contributed by atoms with E-state index < -0.39 is 18.4 Å². The van der Waals surface area contributed by atoms with E-state index in [0.717, 1.165) is 56.5 Å². The predicted molar refractivity (Wildman–Crippen MR) is 149 cm³/mol. The summed E-state index contributed by atoms with van der Waals surface area (Å²) in [6, 6.07) is 4.79. The number of hydrogen-bond acceptors (Lipinski definition) is 8. The van der Waals surface area contributed by atoms with Gasteiger partial charge in [-0.25, -0.2) is 9.37 Å². The van der Waals surface area contributed by atoms with Crippen molar-refractivity contribution < 1.29 is 27.5 Å². The van der Waals surface area contributed by atoms with E-state index in [1.54, 1.807) is 23.1 Å². The molecule has 0 atom stereocenters. The number of fused-ring (bicyclic) bond motifs is 1. The lowest BCUT2D eigenvalue weighted by atomic mass is 10.0. The van der Waals surface area contributed by atoms with Gasteiger partial charge in [0, 0.05) is 44.3 Å². The third kappa shape index (κ3) is 6.19. The van der Waals surface area contributed by atoms with Crippen molar-refractivity contribution >= 4 is 35.0 Å². The Bertz CT molecular complexity index is 1270. The molecule has 5 rings (SSSR count). The maximum Gasteiger partial charge on any atom is 0.342 e. The molecule has 2 aliphatic heterocycles. The van der Waals surface area contributed by atoms with Crippen LogP contribution in [-0.2, 0) is 4.79 Å². The number of anilines is 4. The van der Waals surface area contributed by atoms with E-state index in [-0.39, 0.29) is 42.1 Å². The second-order valence-corrected chi connectivity index (χ2v) is 10.9. The minimum Gasteiger partial charge on any atom is -0.495 e. The van der Waals surface area contributed by atoms with Gasteiger partial charge in [0.25, 0.3) is 11.8 Å². The molecule has 1 saturated heterocycles. The topological polar surface area (TPSA) is 103 Å². The number of amides is 2. The lowest BCUT2D eigenvalue weighted by molar-refractivity contribution is -0.140. The maximum atomic E-state index is 14.9. The van der Waals surface area contributed by atoms with Gasteiger partial charge in [0.2, 0.25) is 5.95 Å². The zero-order chi connectivity index (χ0) is 29.1. The fraction of sp³-hybridized carbons (Fsp3) is 0.571. The average molecular weight is 576 g/mol. The third-order valence-corrected chi connectivity index (χ3v) is 8.17. The molecule has 3 aliphatic rings. The number of carbonyl (C=O) groups is 2. The number of carbonyl (C=O) groups excluding carboxylic acids is 2. The maximum absolute atomic E-state index is 14.9. The number of halogens is 3. The first-order valence-corrected chi connectivity index (χ1v) is 14.0. The van der Waals surface area contributed by atoms with Gasteiger partial charge in [0.05, 0.1) is 25.5 Å². The number of ether oxygens (including phenoxy) is 1. The molecule has 41 heavy (non-hydrogen) atoms. The Kier molecular flexibility index (Phi) is 8.52. The summed E-state index contributed by atoms with van der Waals surface area (Å²) >= 11 is 0. The van der Waals surface area contributed by atoms with E-state index in [4.69, 9.17) is 4.74 Å². The van der Waals surface area contributed by atoms with Crippen LogP contribution in [0.1, 0.15) is 48.9 Å².